The van der Waals surface area contributed by atoms with Gasteiger partial charge in [0.15, 0.2) is 0 Å². The van der Waals surface area contributed by atoms with E-state index in [-0.39, 0.29) is 18.2 Å². The van der Waals surface area contributed by atoms with Crippen LogP contribution in [0.25, 0.3) is 0 Å². The number of ether oxygens (including phenoxy) is 1. The summed E-state index contributed by atoms with van der Waals surface area (Å²) in [5.41, 5.74) is 8.06. The normalized spacial score (nSPS) is 21.1. The second-order valence-corrected chi connectivity index (χ2v) is 9.12. The van der Waals surface area contributed by atoms with Gasteiger partial charge in [-0.3, -0.25) is 19.9 Å². The third-order valence-electron chi connectivity index (χ3n) is 6.08. The van der Waals surface area contributed by atoms with E-state index in [1.54, 1.807) is 30.3 Å². The number of allylic oxidation sites excluding steroid dienone is 1. The smallest absolute Gasteiger partial charge is 0.411 e. The Hall–Kier alpha value is -3.89. The molecule has 0 saturated carbocycles. The Morgan fingerprint density at radius 3 is 2.70 bits per heavy atom. The number of hydrogen-bond acceptors (Lipinski definition) is 7. The van der Waals surface area contributed by atoms with Crippen molar-refractivity contribution in [3.05, 3.63) is 71.3 Å². The predicted molar refractivity (Wildman–Crippen MR) is 143 cm³/mol. The zero-order valence-corrected chi connectivity index (χ0v) is 21.0. The first-order valence-electron chi connectivity index (χ1n) is 11.9. The van der Waals surface area contributed by atoms with Crippen LogP contribution in [0, 0.1) is 0 Å². The Bertz CT molecular complexity index is 1230. The van der Waals surface area contributed by atoms with E-state index in [2.05, 4.69) is 26.0 Å². The second kappa shape index (κ2) is 11.9. The van der Waals surface area contributed by atoms with E-state index >= 15 is 0 Å². The summed E-state index contributed by atoms with van der Waals surface area (Å²) >= 11 is 6.67. The summed E-state index contributed by atoms with van der Waals surface area (Å²) in [6.07, 6.45) is 4.43. The van der Waals surface area contributed by atoms with Gasteiger partial charge in [-0.1, -0.05) is 42.0 Å². The van der Waals surface area contributed by atoms with Crippen LogP contribution in [0.3, 0.4) is 0 Å². The highest BCUT2D eigenvalue weighted by Crippen LogP contribution is 2.35. The van der Waals surface area contributed by atoms with Crippen molar-refractivity contribution in [1.82, 2.24) is 10.6 Å². The van der Waals surface area contributed by atoms with Gasteiger partial charge < -0.3 is 26.4 Å². The van der Waals surface area contributed by atoms with Crippen molar-refractivity contribution in [2.45, 2.75) is 43.4 Å². The van der Waals surface area contributed by atoms with Gasteiger partial charge in [-0.2, -0.15) is 0 Å². The van der Waals surface area contributed by atoms with Crippen LogP contribution in [-0.2, 0) is 16.1 Å². The minimum atomic E-state index is -0.629. The van der Waals surface area contributed by atoms with E-state index in [1.807, 2.05) is 24.3 Å². The van der Waals surface area contributed by atoms with Crippen molar-refractivity contribution in [1.29, 1.82) is 0 Å². The summed E-state index contributed by atoms with van der Waals surface area (Å²) in [6.45, 7) is 0.396. The maximum absolute atomic E-state index is 13.0. The van der Waals surface area contributed by atoms with E-state index in [4.69, 9.17) is 22.3 Å². The number of anilines is 2. The molecule has 2 aromatic rings. The number of amidine groups is 1. The molecule has 0 radical (unpaired) electrons. The standard InChI is InChI=1S/C26H29ClN6O4/c1-37-26(36)29-17-11-12-18-20(13-17)30-21(34)6-4-2-3-5-19(24-32-22(18)23(27)33-24)31-25(35)16-9-7-15(14-28)8-10-16/h2-3,7-13,19,22-23H,4-6,14,28H2,1H3,(H,29,36)(H,30,34)(H,31,35)(H,32,33). The van der Waals surface area contributed by atoms with Gasteiger partial charge in [0.05, 0.1) is 13.2 Å². The zero-order chi connectivity index (χ0) is 26.4. The molecule has 3 unspecified atom stereocenters. The fourth-order valence-electron chi connectivity index (χ4n) is 4.11. The number of alkyl halides is 1. The largest absolute Gasteiger partial charge is 0.453 e. The van der Waals surface area contributed by atoms with Gasteiger partial charge in [0.2, 0.25) is 5.91 Å². The molecule has 194 valence electrons. The highest BCUT2D eigenvalue weighted by Gasteiger charge is 2.34. The van der Waals surface area contributed by atoms with E-state index < -0.39 is 23.7 Å². The lowest BCUT2D eigenvalue weighted by Crippen LogP contribution is -2.46. The number of halogens is 1. The molecule has 37 heavy (non-hydrogen) atoms. The molecular weight excluding hydrogens is 496 g/mol. The lowest BCUT2D eigenvalue weighted by molar-refractivity contribution is -0.116. The maximum atomic E-state index is 13.0. The molecule has 2 aromatic carbocycles. The molecule has 11 heteroatoms. The Balaban J connectivity index is 1.65. The summed E-state index contributed by atoms with van der Waals surface area (Å²) in [5.74, 6) is 0.100. The van der Waals surface area contributed by atoms with Crippen molar-refractivity contribution in [2.75, 3.05) is 17.7 Å². The lowest BCUT2D eigenvalue weighted by Gasteiger charge is -2.19. The minimum Gasteiger partial charge on any atom is -0.453 e. The summed E-state index contributed by atoms with van der Waals surface area (Å²) in [4.78, 5) is 42.1. The van der Waals surface area contributed by atoms with Crippen LogP contribution in [0.15, 0.2) is 59.6 Å². The fraction of sp³-hybridized carbons (Fsp3) is 0.308. The number of aliphatic imine (C=N–C) groups is 1. The molecule has 0 aliphatic carbocycles. The van der Waals surface area contributed by atoms with Crippen molar-refractivity contribution >= 4 is 46.7 Å². The summed E-state index contributed by atoms with van der Waals surface area (Å²) in [6, 6.07) is 11.2. The van der Waals surface area contributed by atoms with Crippen molar-refractivity contribution in [2.24, 2.45) is 10.7 Å². The van der Waals surface area contributed by atoms with Gasteiger partial charge in [-0.05, 0) is 42.7 Å². The summed E-state index contributed by atoms with van der Waals surface area (Å²) in [7, 11) is 1.27. The summed E-state index contributed by atoms with van der Waals surface area (Å²) < 4.78 is 4.66. The van der Waals surface area contributed by atoms with Gasteiger partial charge in [0.1, 0.15) is 17.4 Å². The third-order valence-corrected chi connectivity index (χ3v) is 6.43. The number of nitrogens with one attached hydrogen (secondary N) is 4. The number of hydrogen-bond donors (Lipinski definition) is 5. The molecule has 2 aliphatic rings. The fourth-order valence-corrected chi connectivity index (χ4v) is 4.41. The molecule has 3 atom stereocenters. The highest BCUT2D eigenvalue weighted by atomic mass is 35.5. The maximum Gasteiger partial charge on any atom is 0.411 e. The first-order valence-corrected chi connectivity index (χ1v) is 12.3. The van der Waals surface area contributed by atoms with Crippen molar-refractivity contribution < 1.29 is 19.1 Å². The second-order valence-electron chi connectivity index (χ2n) is 8.64. The Morgan fingerprint density at radius 1 is 1.19 bits per heavy atom. The van der Waals surface area contributed by atoms with Crippen LogP contribution < -0.4 is 27.0 Å². The average Bonchev–Trinajstić information content (AvgIpc) is 3.28. The topological polar surface area (TPSA) is 147 Å². The molecule has 2 bridgehead atoms. The molecule has 0 spiro atoms. The Kier molecular flexibility index (Phi) is 8.42. The number of nitrogens with zero attached hydrogens (tertiary/aromatic N) is 1. The lowest BCUT2D eigenvalue weighted by atomic mass is 10.0. The van der Waals surface area contributed by atoms with E-state index in [9.17, 15) is 14.4 Å². The van der Waals surface area contributed by atoms with Crippen molar-refractivity contribution in [3.8, 4) is 0 Å². The molecule has 0 aromatic heterocycles. The van der Waals surface area contributed by atoms with E-state index in [1.165, 1.54) is 7.11 Å². The molecule has 3 amide bonds. The minimum absolute atomic E-state index is 0.188. The molecule has 4 rings (SSSR count). The van der Waals surface area contributed by atoms with Gasteiger partial charge in [-0.15, -0.1) is 0 Å². The third kappa shape index (κ3) is 6.46. The summed E-state index contributed by atoms with van der Waals surface area (Å²) in [5, 5.41) is 11.7. The van der Waals surface area contributed by atoms with Crippen LogP contribution in [-0.4, -0.2) is 42.4 Å². The van der Waals surface area contributed by atoms with Gasteiger partial charge in [0.25, 0.3) is 5.91 Å². The van der Waals surface area contributed by atoms with Gasteiger partial charge in [0, 0.05) is 35.5 Å². The van der Waals surface area contributed by atoms with Crippen LogP contribution >= 0.6 is 11.6 Å². The van der Waals surface area contributed by atoms with Crippen LogP contribution in [0.2, 0.25) is 0 Å². The quantitative estimate of drug-likeness (QED) is 0.235. The molecule has 0 saturated heterocycles. The predicted octanol–water partition coefficient (Wildman–Crippen LogP) is 3.41. The first kappa shape index (κ1) is 26.2. The Labute approximate surface area is 219 Å². The SMILES string of the molecule is COC(=O)Nc1ccc2c(c1)NC(=O)CCC=CCC(NC(=O)c1ccc(CN)cc1)C1=NC2C(Cl)N1. The van der Waals surface area contributed by atoms with Crippen LogP contribution in [0.5, 0.6) is 0 Å². The van der Waals surface area contributed by atoms with Gasteiger partial charge in [-0.25, -0.2) is 4.79 Å². The zero-order valence-electron chi connectivity index (χ0n) is 20.3. The molecule has 10 nitrogen and oxygen atoms in total. The first-order chi connectivity index (χ1) is 17.9. The van der Waals surface area contributed by atoms with E-state index in [0.717, 1.165) is 5.56 Å². The number of carbonyl (C=O) groups excluding carboxylic acids is 3. The van der Waals surface area contributed by atoms with E-state index in [0.29, 0.717) is 47.7 Å². The number of fused-ring (bicyclic) bond motifs is 3. The number of benzene rings is 2. The monoisotopic (exact) mass is 524 g/mol. The van der Waals surface area contributed by atoms with Crippen LogP contribution in [0.4, 0.5) is 16.2 Å². The van der Waals surface area contributed by atoms with Gasteiger partial charge >= 0.3 is 6.09 Å². The Morgan fingerprint density at radius 2 is 1.97 bits per heavy atom. The highest BCUT2D eigenvalue weighted by molar-refractivity contribution is 6.23. The molecule has 2 heterocycles. The molecule has 2 aliphatic heterocycles. The number of methoxy groups -OCH3 is 1. The molecular formula is C26H29ClN6O4. The number of carbonyl (C=O) groups is 3. The van der Waals surface area contributed by atoms with Crippen LogP contribution in [0.1, 0.15) is 46.8 Å². The number of nitrogens with two attached hydrogens (primary N) is 1. The average molecular weight is 525 g/mol. The molecule has 6 N–H and O–H groups in total. The number of amides is 3. The number of rotatable bonds is 4. The van der Waals surface area contributed by atoms with Crippen molar-refractivity contribution in [3.63, 3.8) is 0 Å². The molecule has 0 fully saturated rings.